The Morgan fingerprint density at radius 2 is 1.76 bits per heavy atom. The maximum absolute atomic E-state index is 10.2. The van der Waals surface area contributed by atoms with Gasteiger partial charge in [0.1, 0.15) is 0 Å². The molecule has 0 amide bonds. The van der Waals surface area contributed by atoms with Gasteiger partial charge in [-0.1, -0.05) is 56.7 Å². The van der Waals surface area contributed by atoms with Gasteiger partial charge in [0, 0.05) is 18.4 Å². The van der Waals surface area contributed by atoms with Crippen LogP contribution in [0.25, 0.3) is 0 Å². The van der Waals surface area contributed by atoms with Crippen molar-refractivity contribution in [3.63, 3.8) is 0 Å². The van der Waals surface area contributed by atoms with Gasteiger partial charge >= 0.3 is 0 Å². The molecule has 192 valence electrons. The number of likely N-dealkylation sites (tertiary alicyclic amines) is 1. The molecule has 0 spiro atoms. The number of rotatable bonds is 5. The van der Waals surface area contributed by atoms with Crippen molar-refractivity contribution in [3.05, 3.63) is 53.1 Å². The van der Waals surface area contributed by atoms with Gasteiger partial charge < -0.3 is 5.84 Å². The number of halogens is 1. The zero-order valence-corrected chi connectivity index (χ0v) is 22.9. The largest absolute Gasteiger partial charge is 0.321 e. The highest BCUT2D eigenvalue weighted by molar-refractivity contribution is 7.93. The average Bonchev–Trinajstić information content (AvgIpc) is 2.84. The third-order valence-corrected chi connectivity index (χ3v) is 6.55. The summed E-state index contributed by atoms with van der Waals surface area (Å²) in [6.07, 6.45) is 10.7. The molecule has 7 heteroatoms. The number of nitrogens with zero attached hydrogens (tertiary/aromatic N) is 3. The second-order valence-corrected chi connectivity index (χ2v) is 9.16. The molecule has 34 heavy (non-hydrogen) atoms. The molecule has 1 aliphatic carbocycles. The van der Waals surface area contributed by atoms with Crippen LogP contribution in [0.3, 0.4) is 0 Å². The Bertz CT molecular complexity index is 797. The van der Waals surface area contributed by atoms with Crippen molar-refractivity contribution in [1.82, 2.24) is 4.90 Å². The van der Waals surface area contributed by atoms with E-state index in [1.807, 2.05) is 13.8 Å². The van der Waals surface area contributed by atoms with Crippen molar-refractivity contribution in [2.45, 2.75) is 79.2 Å². The summed E-state index contributed by atoms with van der Waals surface area (Å²) in [4.78, 5) is 2.52. The standard InChI is InChI=1S/C24H37N5.C2H6.CH3FS/c1-17(2)20-11-13-21(14-12-20)23(28-15-6-5-7-16-28)24(27-25)29(26)22-18(3)9-8-10-19(22)4;1-2;1-3-2/h8-10,13,20,23H,1,5-7,11-12,14-16,25-26H2,2-4H3;1-2H3;1H3/b27-24-;;. The van der Waals surface area contributed by atoms with Crippen molar-refractivity contribution >= 4 is 23.7 Å². The summed E-state index contributed by atoms with van der Waals surface area (Å²) in [5, 5.41) is 6.00. The fourth-order valence-electron chi connectivity index (χ4n) is 4.86. The smallest absolute Gasteiger partial charge is 0.164 e. The first-order valence-electron chi connectivity index (χ1n) is 12.5. The lowest BCUT2D eigenvalue weighted by molar-refractivity contribution is 0.213. The van der Waals surface area contributed by atoms with Crippen LogP contribution in [-0.4, -0.2) is 36.1 Å². The molecule has 1 aromatic carbocycles. The number of allylic oxidation sites excluding steroid dienone is 2. The van der Waals surface area contributed by atoms with Gasteiger partial charge in [0.05, 0.1) is 11.7 Å². The Morgan fingerprint density at radius 1 is 1.21 bits per heavy atom. The van der Waals surface area contributed by atoms with E-state index in [0.29, 0.717) is 5.92 Å². The van der Waals surface area contributed by atoms with E-state index in [4.69, 9.17) is 11.7 Å². The molecule has 0 aromatic heterocycles. The fourth-order valence-corrected chi connectivity index (χ4v) is 4.86. The lowest BCUT2D eigenvalue weighted by atomic mass is 9.82. The van der Waals surface area contributed by atoms with E-state index >= 15 is 0 Å². The van der Waals surface area contributed by atoms with Gasteiger partial charge in [-0.25, -0.2) is 5.84 Å². The Hall–Kier alpha value is -1.83. The molecule has 1 aromatic rings. The summed E-state index contributed by atoms with van der Waals surface area (Å²) >= 11 is 0.250. The molecule has 1 saturated heterocycles. The van der Waals surface area contributed by atoms with Gasteiger partial charge in [0.2, 0.25) is 0 Å². The summed E-state index contributed by atoms with van der Waals surface area (Å²) in [7, 11) is 0. The predicted molar refractivity (Wildman–Crippen MR) is 150 cm³/mol. The van der Waals surface area contributed by atoms with Crippen molar-refractivity contribution in [1.29, 1.82) is 0 Å². The SMILES string of the molecule is C=C(C)C1CC=C(C(/C(=N/N)N(N)c2c(C)cccc2C)N2CCCCC2)CC1.CC.CSF. The second kappa shape index (κ2) is 16.0. The second-order valence-electron chi connectivity index (χ2n) is 8.85. The molecule has 5 nitrogen and oxygen atoms in total. The van der Waals surface area contributed by atoms with Crippen LogP contribution < -0.4 is 16.7 Å². The maximum atomic E-state index is 10.2. The Morgan fingerprint density at radius 3 is 2.21 bits per heavy atom. The number of para-hydroxylation sites is 1. The van der Waals surface area contributed by atoms with Gasteiger partial charge in [-0.2, -0.15) is 8.99 Å². The van der Waals surface area contributed by atoms with Crippen LogP contribution in [0.1, 0.15) is 70.4 Å². The molecule has 3 rings (SSSR count). The highest BCUT2D eigenvalue weighted by atomic mass is 32.2. The van der Waals surface area contributed by atoms with E-state index in [2.05, 4.69) is 61.6 Å². The minimum Gasteiger partial charge on any atom is -0.321 e. The molecule has 4 N–H and O–H groups in total. The van der Waals surface area contributed by atoms with Crippen molar-refractivity contribution in [3.8, 4) is 0 Å². The normalized spacial score (nSPS) is 19.6. The molecule has 0 radical (unpaired) electrons. The van der Waals surface area contributed by atoms with Crippen LogP contribution in [0, 0.1) is 19.8 Å². The quantitative estimate of drug-likeness (QED) is 0.158. The van der Waals surface area contributed by atoms with Crippen molar-refractivity contribution in [2.75, 3.05) is 24.4 Å². The maximum Gasteiger partial charge on any atom is 0.164 e. The number of aryl methyl sites for hydroxylation is 2. The summed E-state index contributed by atoms with van der Waals surface area (Å²) < 4.78 is 10.2. The third kappa shape index (κ3) is 8.14. The number of anilines is 1. The number of nitrogens with two attached hydrogens (primary N) is 2. The zero-order chi connectivity index (χ0) is 25.7. The number of hydrogen-bond acceptors (Lipinski definition) is 5. The summed E-state index contributed by atoms with van der Waals surface area (Å²) in [5.41, 5.74) is 5.93. The van der Waals surface area contributed by atoms with E-state index in [1.165, 1.54) is 36.7 Å². The van der Waals surface area contributed by atoms with Gasteiger partial charge in [0.25, 0.3) is 0 Å². The number of amidine groups is 1. The molecular formula is C27H46FN5S. The number of piperidine rings is 1. The number of hydrazine groups is 1. The fraction of sp³-hybridized carbons (Fsp3) is 0.593. The Kier molecular flexibility index (Phi) is 14.2. The molecule has 2 unspecified atom stereocenters. The van der Waals surface area contributed by atoms with Crippen LogP contribution in [0.5, 0.6) is 0 Å². The summed E-state index contributed by atoms with van der Waals surface area (Å²) in [6.45, 7) is 16.6. The van der Waals surface area contributed by atoms with Crippen LogP contribution in [0.4, 0.5) is 9.57 Å². The molecular weight excluding hydrogens is 445 g/mol. The van der Waals surface area contributed by atoms with Crippen LogP contribution in [0.2, 0.25) is 0 Å². The van der Waals surface area contributed by atoms with Gasteiger partial charge in [-0.05, 0) is 88.6 Å². The summed E-state index contributed by atoms with van der Waals surface area (Å²) in [5.74, 6) is 14.0. The van der Waals surface area contributed by atoms with Crippen LogP contribution in [0.15, 0.2) is 47.1 Å². The lowest BCUT2D eigenvalue weighted by Gasteiger charge is -2.40. The summed E-state index contributed by atoms with van der Waals surface area (Å²) in [6, 6.07) is 6.27. The molecule has 0 saturated carbocycles. The van der Waals surface area contributed by atoms with E-state index in [9.17, 15) is 3.89 Å². The van der Waals surface area contributed by atoms with Gasteiger partial charge in [-0.3, -0.25) is 9.91 Å². The minimum absolute atomic E-state index is 0.0374. The highest BCUT2D eigenvalue weighted by Crippen LogP contribution is 2.34. The highest BCUT2D eigenvalue weighted by Gasteiger charge is 2.34. The first kappa shape index (κ1) is 30.2. The van der Waals surface area contributed by atoms with E-state index < -0.39 is 0 Å². The van der Waals surface area contributed by atoms with Crippen molar-refractivity contribution < 1.29 is 3.89 Å². The lowest BCUT2D eigenvalue weighted by Crippen LogP contribution is -2.54. The molecule has 1 fully saturated rings. The van der Waals surface area contributed by atoms with E-state index in [0.717, 1.165) is 55.0 Å². The number of hydrogen-bond donors (Lipinski definition) is 2. The topological polar surface area (TPSA) is 70.9 Å². The van der Waals surface area contributed by atoms with E-state index in [-0.39, 0.29) is 18.2 Å². The zero-order valence-electron chi connectivity index (χ0n) is 22.1. The van der Waals surface area contributed by atoms with Crippen molar-refractivity contribution in [2.24, 2.45) is 22.7 Å². The van der Waals surface area contributed by atoms with Gasteiger partial charge in [-0.15, -0.1) is 0 Å². The number of hydrazone groups is 1. The minimum atomic E-state index is 0.0374. The third-order valence-electron chi connectivity index (χ3n) is 6.55. The monoisotopic (exact) mass is 491 g/mol. The van der Waals surface area contributed by atoms with E-state index in [1.54, 1.807) is 5.01 Å². The average molecular weight is 492 g/mol. The Balaban J connectivity index is 0.00000107. The molecule has 2 atom stereocenters. The Labute approximate surface area is 211 Å². The molecule has 1 aliphatic heterocycles. The molecule has 2 aliphatic rings. The van der Waals surface area contributed by atoms with Gasteiger partial charge in [0.15, 0.2) is 5.84 Å². The molecule has 0 bridgehead atoms. The van der Waals surface area contributed by atoms with Crippen LogP contribution >= 0.6 is 12.1 Å². The molecule has 1 heterocycles. The first-order valence-corrected chi connectivity index (χ1v) is 13.6. The van der Waals surface area contributed by atoms with Crippen LogP contribution in [-0.2, 0) is 0 Å². The predicted octanol–water partition coefficient (Wildman–Crippen LogP) is 6.67. The number of benzene rings is 1. The first-order chi connectivity index (χ1) is 16.3.